The van der Waals surface area contributed by atoms with E-state index in [4.69, 9.17) is 21.2 Å². The molecule has 8 nitrogen and oxygen atoms in total. The molecule has 0 heterocycles. The smallest absolute Gasteiger partial charge is 0.416 e. The lowest BCUT2D eigenvalue weighted by atomic mass is 10.1. The van der Waals surface area contributed by atoms with Crippen LogP contribution in [0.1, 0.15) is 25.0 Å². The summed E-state index contributed by atoms with van der Waals surface area (Å²) in [5, 5.41) is 25.2. The SMILES string of the molecule is CC(=NOC(C)C(=O)[O-])c1cc(Oc2ccc(C(F)(F)F)cc2Cl)ccc1[N+](=O)[O-]. The van der Waals surface area contributed by atoms with E-state index in [9.17, 15) is 33.2 Å². The lowest BCUT2D eigenvalue weighted by Crippen LogP contribution is -2.34. The molecule has 30 heavy (non-hydrogen) atoms. The molecule has 0 saturated heterocycles. The first-order chi connectivity index (χ1) is 13.9. The average molecular weight is 446 g/mol. The van der Waals surface area contributed by atoms with Crippen LogP contribution in [-0.2, 0) is 15.8 Å². The monoisotopic (exact) mass is 445 g/mol. The highest BCUT2D eigenvalue weighted by molar-refractivity contribution is 6.32. The van der Waals surface area contributed by atoms with Gasteiger partial charge in [0.1, 0.15) is 11.5 Å². The number of nitrogens with zero attached hydrogens (tertiary/aromatic N) is 2. The van der Waals surface area contributed by atoms with E-state index in [0.717, 1.165) is 25.1 Å². The van der Waals surface area contributed by atoms with Crippen molar-refractivity contribution in [2.24, 2.45) is 5.16 Å². The van der Waals surface area contributed by atoms with Gasteiger partial charge in [0.05, 0.1) is 32.8 Å². The summed E-state index contributed by atoms with van der Waals surface area (Å²) in [6, 6.07) is 5.97. The predicted octanol–water partition coefficient (Wildman–Crippen LogP) is 3.94. The van der Waals surface area contributed by atoms with E-state index in [-0.39, 0.29) is 33.5 Å². The lowest BCUT2D eigenvalue weighted by molar-refractivity contribution is -0.385. The van der Waals surface area contributed by atoms with E-state index < -0.39 is 28.7 Å². The summed E-state index contributed by atoms with van der Waals surface area (Å²) >= 11 is 5.85. The number of halogens is 4. The Bertz CT molecular complexity index is 1010. The molecule has 2 rings (SSSR count). The number of carboxylic acid groups (broad SMARTS) is 1. The topological polar surface area (TPSA) is 114 Å². The first kappa shape index (κ1) is 22.9. The van der Waals surface area contributed by atoms with Gasteiger partial charge in [-0.2, -0.15) is 13.2 Å². The number of carboxylic acids is 1. The number of carbonyl (C=O) groups excluding carboxylic acids is 1. The molecule has 0 saturated carbocycles. The summed E-state index contributed by atoms with van der Waals surface area (Å²) < 4.78 is 43.7. The molecule has 0 N–H and O–H groups in total. The van der Waals surface area contributed by atoms with Crippen LogP contribution < -0.4 is 9.84 Å². The van der Waals surface area contributed by atoms with E-state index in [0.29, 0.717) is 6.07 Å². The molecule has 0 aliphatic carbocycles. The Morgan fingerprint density at radius 2 is 1.90 bits per heavy atom. The van der Waals surface area contributed by atoms with Gasteiger partial charge in [-0.1, -0.05) is 16.8 Å². The fourth-order valence-electron chi connectivity index (χ4n) is 2.16. The van der Waals surface area contributed by atoms with Gasteiger partial charge in [0.2, 0.25) is 0 Å². The molecule has 2 aromatic carbocycles. The molecule has 0 spiro atoms. The van der Waals surface area contributed by atoms with E-state index in [1.165, 1.54) is 19.1 Å². The van der Waals surface area contributed by atoms with Gasteiger partial charge in [-0.05, 0) is 44.2 Å². The maximum absolute atomic E-state index is 12.7. The van der Waals surface area contributed by atoms with Crippen molar-refractivity contribution in [1.82, 2.24) is 0 Å². The Balaban J connectivity index is 2.37. The number of nitro benzene ring substituents is 1. The molecule has 0 radical (unpaired) electrons. The molecule has 0 amide bonds. The third-order valence-electron chi connectivity index (χ3n) is 3.72. The van der Waals surface area contributed by atoms with Crippen molar-refractivity contribution in [3.63, 3.8) is 0 Å². The number of oxime groups is 1. The minimum Gasteiger partial charge on any atom is -0.546 e. The van der Waals surface area contributed by atoms with Crippen molar-refractivity contribution in [2.45, 2.75) is 26.1 Å². The maximum atomic E-state index is 12.7. The zero-order valence-electron chi connectivity index (χ0n) is 15.4. The van der Waals surface area contributed by atoms with Crippen LogP contribution in [0, 0.1) is 10.1 Å². The second-order valence-corrected chi connectivity index (χ2v) is 6.33. The summed E-state index contributed by atoms with van der Waals surface area (Å²) in [5.74, 6) is -1.63. The highest BCUT2D eigenvalue weighted by Crippen LogP contribution is 2.37. The Hall–Kier alpha value is -3.34. The molecule has 0 aromatic heterocycles. The Labute approximate surface area is 172 Å². The molecule has 0 aliphatic heterocycles. The van der Waals surface area contributed by atoms with Gasteiger partial charge < -0.3 is 19.5 Å². The van der Waals surface area contributed by atoms with Crippen molar-refractivity contribution >= 4 is 29.0 Å². The Morgan fingerprint density at radius 3 is 2.43 bits per heavy atom. The number of rotatable bonds is 7. The Kier molecular flexibility index (Phi) is 6.88. The Morgan fingerprint density at radius 1 is 1.23 bits per heavy atom. The zero-order valence-corrected chi connectivity index (χ0v) is 16.2. The van der Waals surface area contributed by atoms with Gasteiger partial charge in [0.25, 0.3) is 5.69 Å². The molecular formula is C18H13ClF3N2O6-. The summed E-state index contributed by atoms with van der Waals surface area (Å²) in [6.45, 7) is 2.49. The first-order valence-corrected chi connectivity index (χ1v) is 8.52. The van der Waals surface area contributed by atoms with Crippen LogP contribution in [0.2, 0.25) is 5.02 Å². The van der Waals surface area contributed by atoms with Crippen LogP contribution in [-0.4, -0.2) is 22.7 Å². The minimum atomic E-state index is -4.58. The van der Waals surface area contributed by atoms with Gasteiger partial charge in [-0.3, -0.25) is 10.1 Å². The van der Waals surface area contributed by atoms with E-state index in [2.05, 4.69) is 5.16 Å². The highest BCUT2D eigenvalue weighted by Gasteiger charge is 2.31. The fourth-order valence-corrected chi connectivity index (χ4v) is 2.38. The normalized spacial score (nSPS) is 12.9. The number of alkyl halides is 3. The number of nitro groups is 1. The van der Waals surface area contributed by atoms with Gasteiger partial charge in [0.15, 0.2) is 6.10 Å². The van der Waals surface area contributed by atoms with Crippen molar-refractivity contribution in [2.75, 3.05) is 0 Å². The van der Waals surface area contributed by atoms with Crippen molar-refractivity contribution < 1.29 is 37.6 Å². The number of carbonyl (C=O) groups is 1. The number of hydrogen-bond donors (Lipinski definition) is 0. The second kappa shape index (κ2) is 8.99. The third-order valence-corrected chi connectivity index (χ3v) is 4.02. The molecule has 0 aliphatic rings. The van der Waals surface area contributed by atoms with Crippen LogP contribution >= 0.6 is 11.6 Å². The second-order valence-electron chi connectivity index (χ2n) is 5.92. The summed E-state index contributed by atoms with van der Waals surface area (Å²) in [6.07, 6.45) is -5.98. The zero-order chi connectivity index (χ0) is 22.6. The summed E-state index contributed by atoms with van der Waals surface area (Å²) in [4.78, 5) is 26.0. The van der Waals surface area contributed by atoms with Crippen molar-refractivity contribution in [3.8, 4) is 11.5 Å². The fraction of sp³-hybridized carbons (Fsp3) is 0.222. The van der Waals surface area contributed by atoms with Crippen LogP contribution in [0.15, 0.2) is 41.6 Å². The van der Waals surface area contributed by atoms with Gasteiger partial charge in [-0.15, -0.1) is 0 Å². The van der Waals surface area contributed by atoms with Crippen LogP contribution in [0.3, 0.4) is 0 Å². The first-order valence-electron chi connectivity index (χ1n) is 8.15. The van der Waals surface area contributed by atoms with Crippen LogP contribution in [0.4, 0.5) is 18.9 Å². The highest BCUT2D eigenvalue weighted by atomic mass is 35.5. The molecule has 0 bridgehead atoms. The quantitative estimate of drug-likeness (QED) is 0.362. The molecule has 2 aromatic rings. The number of benzene rings is 2. The van der Waals surface area contributed by atoms with E-state index in [1.807, 2.05) is 0 Å². The molecule has 1 unspecified atom stereocenters. The van der Waals surface area contributed by atoms with E-state index >= 15 is 0 Å². The van der Waals surface area contributed by atoms with Crippen molar-refractivity contribution in [3.05, 3.63) is 62.7 Å². The lowest BCUT2D eigenvalue weighted by Gasteiger charge is -2.13. The van der Waals surface area contributed by atoms with Crippen LogP contribution in [0.25, 0.3) is 0 Å². The maximum Gasteiger partial charge on any atom is 0.416 e. The van der Waals surface area contributed by atoms with E-state index in [1.54, 1.807) is 0 Å². The third kappa shape index (κ3) is 5.60. The average Bonchev–Trinajstić information content (AvgIpc) is 2.66. The molecular weight excluding hydrogens is 433 g/mol. The predicted molar refractivity (Wildman–Crippen MR) is 97.4 cm³/mol. The summed E-state index contributed by atoms with van der Waals surface area (Å²) in [5.41, 5.74) is -1.46. The van der Waals surface area contributed by atoms with Gasteiger partial charge >= 0.3 is 6.18 Å². The van der Waals surface area contributed by atoms with Gasteiger partial charge in [-0.25, -0.2) is 0 Å². The van der Waals surface area contributed by atoms with Gasteiger partial charge in [0, 0.05) is 6.07 Å². The summed E-state index contributed by atoms with van der Waals surface area (Å²) in [7, 11) is 0. The van der Waals surface area contributed by atoms with Crippen molar-refractivity contribution in [1.29, 1.82) is 0 Å². The number of ether oxygens (including phenoxy) is 1. The molecule has 0 fully saturated rings. The standard InChI is InChI=1S/C18H14ClF3N2O6/c1-9(23-30-10(2)17(25)26)13-8-12(4-5-15(13)24(27)28)29-16-6-3-11(7-14(16)19)18(20,21)22/h3-8,10H,1-2H3,(H,25,26)/p-1. The molecule has 1 atom stereocenters. The molecule has 160 valence electrons. The molecule has 12 heteroatoms. The number of hydrogen-bond acceptors (Lipinski definition) is 7. The van der Waals surface area contributed by atoms with Crippen LogP contribution in [0.5, 0.6) is 11.5 Å². The number of aliphatic carboxylic acids is 1. The minimum absolute atomic E-state index is 0.0137. The largest absolute Gasteiger partial charge is 0.546 e.